The average molecular weight is 242 g/mol. The van der Waals surface area contributed by atoms with Crippen LogP contribution in [-0.2, 0) is 0 Å². The van der Waals surface area contributed by atoms with Crippen molar-refractivity contribution in [2.24, 2.45) is 16.8 Å². The van der Waals surface area contributed by atoms with Gasteiger partial charge in [0.15, 0.2) is 0 Å². The maximum atomic E-state index is 4.62. The molecule has 0 aromatic heterocycles. The third-order valence-electron chi connectivity index (χ3n) is 3.21. The van der Waals surface area contributed by atoms with Gasteiger partial charge in [0.25, 0.3) is 0 Å². The number of rotatable bonds is 3. The summed E-state index contributed by atoms with van der Waals surface area (Å²) >= 11 is 0. The lowest BCUT2D eigenvalue weighted by atomic mass is 9.98. The van der Waals surface area contributed by atoms with Crippen molar-refractivity contribution in [2.75, 3.05) is 11.4 Å². The van der Waals surface area contributed by atoms with Crippen LogP contribution in [0.15, 0.2) is 46.7 Å². The molecule has 0 unspecified atom stereocenters. The molecule has 0 N–H and O–H groups in total. The van der Waals surface area contributed by atoms with E-state index in [1.807, 2.05) is 6.21 Å². The fourth-order valence-corrected chi connectivity index (χ4v) is 2.43. The summed E-state index contributed by atoms with van der Waals surface area (Å²) in [6.45, 7) is 9.78. The van der Waals surface area contributed by atoms with Gasteiger partial charge in [0.2, 0.25) is 0 Å². The Morgan fingerprint density at radius 2 is 1.67 bits per heavy atom. The highest BCUT2D eigenvalue weighted by molar-refractivity contribution is 5.72. The van der Waals surface area contributed by atoms with Gasteiger partial charge in [-0.2, -0.15) is 0 Å². The number of para-hydroxylation sites is 1. The molecule has 96 valence electrons. The van der Waals surface area contributed by atoms with E-state index < -0.39 is 0 Å². The molecular formula is C16H22N2. The van der Waals surface area contributed by atoms with Crippen molar-refractivity contribution < 1.29 is 0 Å². The summed E-state index contributed by atoms with van der Waals surface area (Å²) in [4.78, 5) is 7.00. The summed E-state index contributed by atoms with van der Waals surface area (Å²) in [5.74, 6) is 0.949. The van der Waals surface area contributed by atoms with Gasteiger partial charge in [-0.25, -0.2) is 0 Å². The molecular weight excluding hydrogens is 220 g/mol. The van der Waals surface area contributed by atoms with Crippen molar-refractivity contribution in [3.8, 4) is 0 Å². The maximum Gasteiger partial charge on any atom is 0.0623 e. The lowest BCUT2D eigenvalue weighted by molar-refractivity contribution is 0.650. The van der Waals surface area contributed by atoms with E-state index in [0.29, 0.717) is 11.8 Å². The Balaban J connectivity index is 2.46. The van der Waals surface area contributed by atoms with Crippen molar-refractivity contribution in [3.05, 3.63) is 41.7 Å². The highest BCUT2D eigenvalue weighted by atomic mass is 15.2. The lowest BCUT2D eigenvalue weighted by Crippen LogP contribution is -2.32. The Kier molecular flexibility index (Phi) is 3.85. The van der Waals surface area contributed by atoms with Crippen molar-refractivity contribution in [2.45, 2.75) is 27.7 Å². The average Bonchev–Trinajstić information content (AvgIpc) is 2.38. The van der Waals surface area contributed by atoms with Crippen LogP contribution in [0.5, 0.6) is 0 Å². The quantitative estimate of drug-likeness (QED) is 0.779. The molecule has 1 aliphatic heterocycles. The van der Waals surface area contributed by atoms with Gasteiger partial charge in [-0.05, 0) is 24.0 Å². The molecule has 2 heteroatoms. The summed E-state index contributed by atoms with van der Waals surface area (Å²) in [6.07, 6.45) is 2.02. The van der Waals surface area contributed by atoms with E-state index in [1.54, 1.807) is 0 Å². The normalized spacial score (nSPS) is 16.0. The smallest absolute Gasteiger partial charge is 0.0623 e. The Morgan fingerprint density at radius 3 is 2.22 bits per heavy atom. The van der Waals surface area contributed by atoms with Crippen LogP contribution in [0.4, 0.5) is 5.69 Å². The molecule has 0 spiro atoms. The van der Waals surface area contributed by atoms with Gasteiger partial charge in [0.1, 0.15) is 0 Å². The zero-order valence-electron chi connectivity index (χ0n) is 11.7. The van der Waals surface area contributed by atoms with Gasteiger partial charge in [0.05, 0.1) is 12.2 Å². The summed E-state index contributed by atoms with van der Waals surface area (Å²) in [6, 6.07) is 10.6. The molecule has 0 saturated carbocycles. The minimum absolute atomic E-state index is 0.463. The predicted molar refractivity (Wildman–Crippen MR) is 79.0 cm³/mol. The fourth-order valence-electron chi connectivity index (χ4n) is 2.43. The SMILES string of the molecule is CC(C)C1=C(C(C)C)N(c2ccccc2)CC=N1. The first kappa shape index (κ1) is 12.9. The first-order valence-electron chi connectivity index (χ1n) is 6.70. The number of hydrogen-bond acceptors (Lipinski definition) is 2. The van der Waals surface area contributed by atoms with Crippen molar-refractivity contribution in [1.29, 1.82) is 0 Å². The van der Waals surface area contributed by atoms with E-state index in [9.17, 15) is 0 Å². The number of nitrogens with zero attached hydrogens (tertiary/aromatic N) is 2. The second-order valence-corrected chi connectivity index (χ2v) is 5.34. The molecule has 0 aliphatic carbocycles. The van der Waals surface area contributed by atoms with Gasteiger partial charge < -0.3 is 4.90 Å². The zero-order valence-corrected chi connectivity index (χ0v) is 11.7. The molecule has 0 fully saturated rings. The molecule has 1 aromatic carbocycles. The third-order valence-corrected chi connectivity index (χ3v) is 3.21. The fraction of sp³-hybridized carbons (Fsp3) is 0.438. The first-order chi connectivity index (χ1) is 8.61. The van der Waals surface area contributed by atoms with Crippen LogP contribution in [0.1, 0.15) is 27.7 Å². The van der Waals surface area contributed by atoms with E-state index in [4.69, 9.17) is 0 Å². The Hall–Kier alpha value is -1.57. The summed E-state index contributed by atoms with van der Waals surface area (Å²) in [5.41, 5.74) is 3.84. The Labute approximate surface area is 110 Å². The van der Waals surface area contributed by atoms with Crippen LogP contribution >= 0.6 is 0 Å². The van der Waals surface area contributed by atoms with E-state index in [0.717, 1.165) is 6.54 Å². The topological polar surface area (TPSA) is 15.6 Å². The third kappa shape index (κ3) is 2.47. The monoisotopic (exact) mass is 242 g/mol. The number of allylic oxidation sites excluding steroid dienone is 2. The standard InChI is InChI=1S/C16H22N2/c1-12(2)15-16(13(3)4)18(11-10-17-15)14-8-6-5-7-9-14/h5-10,12-13H,11H2,1-4H3. The molecule has 0 atom stereocenters. The van der Waals surface area contributed by atoms with Crippen molar-refractivity contribution in [3.63, 3.8) is 0 Å². The molecule has 2 rings (SSSR count). The highest BCUT2D eigenvalue weighted by Gasteiger charge is 2.23. The molecule has 1 aliphatic rings. The van der Waals surface area contributed by atoms with Crippen LogP contribution in [0.3, 0.4) is 0 Å². The van der Waals surface area contributed by atoms with E-state index in [2.05, 4.69) is 67.9 Å². The van der Waals surface area contributed by atoms with Crippen LogP contribution < -0.4 is 4.90 Å². The molecule has 0 bridgehead atoms. The number of anilines is 1. The summed E-state index contributed by atoms with van der Waals surface area (Å²) in [7, 11) is 0. The summed E-state index contributed by atoms with van der Waals surface area (Å²) in [5, 5.41) is 0. The van der Waals surface area contributed by atoms with Gasteiger partial charge in [-0.1, -0.05) is 45.9 Å². The van der Waals surface area contributed by atoms with Gasteiger partial charge >= 0.3 is 0 Å². The largest absolute Gasteiger partial charge is 0.338 e. The summed E-state index contributed by atoms with van der Waals surface area (Å²) < 4.78 is 0. The minimum atomic E-state index is 0.463. The predicted octanol–water partition coefficient (Wildman–Crippen LogP) is 4.10. The minimum Gasteiger partial charge on any atom is -0.338 e. The molecule has 0 radical (unpaired) electrons. The van der Waals surface area contributed by atoms with E-state index >= 15 is 0 Å². The van der Waals surface area contributed by atoms with Gasteiger partial charge in [-0.15, -0.1) is 0 Å². The molecule has 2 nitrogen and oxygen atoms in total. The Bertz CT molecular complexity index is 455. The van der Waals surface area contributed by atoms with Gasteiger partial charge in [-0.3, -0.25) is 4.99 Å². The van der Waals surface area contributed by atoms with Crippen molar-refractivity contribution >= 4 is 11.9 Å². The molecule has 1 heterocycles. The maximum absolute atomic E-state index is 4.62. The van der Waals surface area contributed by atoms with Crippen LogP contribution in [0.2, 0.25) is 0 Å². The molecule has 1 aromatic rings. The van der Waals surface area contributed by atoms with Crippen molar-refractivity contribution in [1.82, 2.24) is 0 Å². The van der Waals surface area contributed by atoms with E-state index in [1.165, 1.54) is 17.1 Å². The second kappa shape index (κ2) is 5.38. The molecule has 0 saturated heterocycles. The van der Waals surface area contributed by atoms with Crippen LogP contribution in [0, 0.1) is 11.8 Å². The number of aliphatic imine (C=N–C) groups is 1. The van der Waals surface area contributed by atoms with Crippen LogP contribution in [0.25, 0.3) is 0 Å². The Morgan fingerprint density at radius 1 is 1.00 bits per heavy atom. The van der Waals surface area contributed by atoms with E-state index in [-0.39, 0.29) is 0 Å². The molecule has 18 heavy (non-hydrogen) atoms. The first-order valence-corrected chi connectivity index (χ1v) is 6.70. The van der Waals surface area contributed by atoms with Gasteiger partial charge in [0, 0.05) is 17.6 Å². The molecule has 0 amide bonds. The number of hydrogen-bond donors (Lipinski definition) is 0. The highest BCUT2D eigenvalue weighted by Crippen LogP contribution is 2.31. The lowest BCUT2D eigenvalue weighted by Gasteiger charge is -2.33. The number of benzene rings is 1. The van der Waals surface area contributed by atoms with Crippen LogP contribution in [-0.4, -0.2) is 12.8 Å². The second-order valence-electron chi connectivity index (χ2n) is 5.34. The zero-order chi connectivity index (χ0) is 13.1.